The number of rotatable bonds is 4. The zero-order chi connectivity index (χ0) is 12.1. The van der Waals surface area contributed by atoms with Gasteiger partial charge >= 0.3 is 0 Å². The van der Waals surface area contributed by atoms with Crippen LogP contribution in [0.3, 0.4) is 0 Å². The second-order valence-electron chi connectivity index (χ2n) is 4.67. The van der Waals surface area contributed by atoms with E-state index in [0.717, 1.165) is 19.6 Å². The zero-order valence-corrected chi connectivity index (χ0v) is 10.4. The molecular weight excluding hydrogens is 212 g/mol. The van der Waals surface area contributed by atoms with Crippen LogP contribution in [0.1, 0.15) is 31.4 Å². The Morgan fingerprint density at radius 2 is 1.94 bits per heavy atom. The molecule has 1 atom stereocenters. The second-order valence-corrected chi connectivity index (χ2v) is 4.67. The minimum Gasteiger partial charge on any atom is -0.348 e. The van der Waals surface area contributed by atoms with Gasteiger partial charge in [-0.15, -0.1) is 0 Å². The SMILES string of the molecule is CC(=O)NC(CN1CCCC1)c1ccccc1. The molecule has 3 heteroatoms. The number of nitrogens with zero attached hydrogens (tertiary/aromatic N) is 1. The van der Waals surface area contributed by atoms with Gasteiger partial charge in [-0.3, -0.25) is 4.79 Å². The van der Waals surface area contributed by atoms with Crippen molar-refractivity contribution in [1.82, 2.24) is 10.2 Å². The molecule has 2 rings (SSSR count). The summed E-state index contributed by atoms with van der Waals surface area (Å²) in [6.45, 7) is 4.81. The van der Waals surface area contributed by atoms with Crippen molar-refractivity contribution in [2.24, 2.45) is 0 Å². The standard InChI is InChI=1S/C14H20N2O/c1-12(17)15-14(11-16-9-5-6-10-16)13-7-3-2-4-8-13/h2-4,7-8,14H,5-6,9-11H2,1H3,(H,15,17). The number of carbonyl (C=O) groups excluding carboxylic acids is 1. The highest BCUT2D eigenvalue weighted by Gasteiger charge is 2.19. The fraction of sp³-hybridized carbons (Fsp3) is 0.500. The smallest absolute Gasteiger partial charge is 0.217 e. The van der Waals surface area contributed by atoms with E-state index in [4.69, 9.17) is 0 Å². The molecule has 1 N–H and O–H groups in total. The molecule has 0 radical (unpaired) electrons. The maximum absolute atomic E-state index is 11.3. The molecule has 0 bridgehead atoms. The summed E-state index contributed by atoms with van der Waals surface area (Å²) >= 11 is 0. The van der Waals surface area contributed by atoms with E-state index in [1.807, 2.05) is 18.2 Å². The van der Waals surface area contributed by atoms with Gasteiger partial charge in [-0.2, -0.15) is 0 Å². The van der Waals surface area contributed by atoms with Crippen LogP contribution in [0.5, 0.6) is 0 Å². The Labute approximate surface area is 103 Å². The number of hydrogen-bond acceptors (Lipinski definition) is 2. The van der Waals surface area contributed by atoms with Gasteiger partial charge in [0.2, 0.25) is 5.91 Å². The molecule has 1 aliphatic heterocycles. The Bertz CT molecular complexity index is 358. The maximum Gasteiger partial charge on any atom is 0.217 e. The first-order valence-electron chi connectivity index (χ1n) is 6.30. The van der Waals surface area contributed by atoms with Gasteiger partial charge in [0, 0.05) is 13.5 Å². The summed E-state index contributed by atoms with van der Waals surface area (Å²) in [6.07, 6.45) is 2.56. The monoisotopic (exact) mass is 232 g/mol. The average molecular weight is 232 g/mol. The maximum atomic E-state index is 11.3. The molecule has 1 aromatic rings. The first-order valence-corrected chi connectivity index (χ1v) is 6.30. The van der Waals surface area contributed by atoms with E-state index in [1.165, 1.54) is 18.4 Å². The van der Waals surface area contributed by atoms with Crippen LogP contribution < -0.4 is 5.32 Å². The summed E-state index contributed by atoms with van der Waals surface area (Å²) in [5, 5.41) is 3.04. The highest BCUT2D eigenvalue weighted by molar-refractivity contribution is 5.73. The van der Waals surface area contributed by atoms with E-state index in [0.29, 0.717) is 0 Å². The van der Waals surface area contributed by atoms with Gasteiger partial charge in [-0.1, -0.05) is 30.3 Å². The summed E-state index contributed by atoms with van der Waals surface area (Å²) in [5.41, 5.74) is 1.19. The number of benzene rings is 1. The first-order chi connectivity index (χ1) is 8.25. The van der Waals surface area contributed by atoms with E-state index in [9.17, 15) is 4.79 Å². The lowest BCUT2D eigenvalue weighted by atomic mass is 10.1. The third-order valence-electron chi connectivity index (χ3n) is 3.22. The molecule has 0 aliphatic carbocycles. The zero-order valence-electron chi connectivity index (χ0n) is 10.4. The Balaban J connectivity index is 2.04. The lowest BCUT2D eigenvalue weighted by Gasteiger charge is -2.24. The fourth-order valence-corrected chi connectivity index (χ4v) is 2.39. The third kappa shape index (κ3) is 3.56. The third-order valence-corrected chi connectivity index (χ3v) is 3.22. The fourth-order valence-electron chi connectivity index (χ4n) is 2.39. The van der Waals surface area contributed by atoms with E-state index < -0.39 is 0 Å². The van der Waals surface area contributed by atoms with Gasteiger partial charge in [0.25, 0.3) is 0 Å². The largest absolute Gasteiger partial charge is 0.348 e. The van der Waals surface area contributed by atoms with Crippen LogP contribution in [0, 0.1) is 0 Å². The van der Waals surface area contributed by atoms with Crippen LogP contribution in [0.4, 0.5) is 0 Å². The summed E-state index contributed by atoms with van der Waals surface area (Å²) in [6, 6.07) is 10.3. The lowest BCUT2D eigenvalue weighted by molar-refractivity contribution is -0.119. The van der Waals surface area contributed by atoms with Crippen LogP contribution in [0.25, 0.3) is 0 Å². The van der Waals surface area contributed by atoms with E-state index in [-0.39, 0.29) is 11.9 Å². The van der Waals surface area contributed by atoms with Crippen molar-refractivity contribution in [3.8, 4) is 0 Å². The molecule has 1 aromatic carbocycles. The Morgan fingerprint density at radius 3 is 2.53 bits per heavy atom. The van der Waals surface area contributed by atoms with Crippen LogP contribution in [0.2, 0.25) is 0 Å². The Kier molecular flexibility index (Phi) is 4.15. The molecule has 1 saturated heterocycles. The van der Waals surface area contributed by atoms with E-state index in [1.54, 1.807) is 6.92 Å². The van der Waals surface area contributed by atoms with Gasteiger partial charge < -0.3 is 10.2 Å². The number of carbonyl (C=O) groups is 1. The van der Waals surface area contributed by atoms with Gasteiger partial charge in [-0.05, 0) is 31.5 Å². The summed E-state index contributed by atoms with van der Waals surface area (Å²) in [5.74, 6) is 0.0399. The van der Waals surface area contributed by atoms with E-state index >= 15 is 0 Å². The second kappa shape index (κ2) is 5.82. The van der Waals surface area contributed by atoms with Crippen molar-refractivity contribution in [1.29, 1.82) is 0 Å². The highest BCUT2D eigenvalue weighted by Crippen LogP contribution is 2.17. The van der Waals surface area contributed by atoms with Crippen molar-refractivity contribution in [3.05, 3.63) is 35.9 Å². The predicted molar refractivity (Wildman–Crippen MR) is 68.7 cm³/mol. The lowest BCUT2D eigenvalue weighted by Crippen LogP contribution is -2.35. The van der Waals surface area contributed by atoms with Crippen molar-refractivity contribution >= 4 is 5.91 Å². The normalized spacial score (nSPS) is 17.9. The number of amides is 1. The molecule has 0 aromatic heterocycles. The molecule has 17 heavy (non-hydrogen) atoms. The van der Waals surface area contributed by atoms with Crippen molar-refractivity contribution < 1.29 is 4.79 Å². The van der Waals surface area contributed by atoms with Gasteiger partial charge in [-0.25, -0.2) is 0 Å². The average Bonchev–Trinajstić information content (AvgIpc) is 2.82. The molecule has 1 unspecified atom stereocenters. The van der Waals surface area contributed by atoms with Crippen LogP contribution in [-0.2, 0) is 4.79 Å². The molecule has 1 amide bonds. The topological polar surface area (TPSA) is 32.3 Å². The number of hydrogen-bond donors (Lipinski definition) is 1. The van der Waals surface area contributed by atoms with Crippen LogP contribution in [-0.4, -0.2) is 30.4 Å². The Hall–Kier alpha value is -1.35. The predicted octanol–water partition coefficient (Wildman–Crippen LogP) is 1.96. The number of nitrogens with one attached hydrogen (secondary N) is 1. The van der Waals surface area contributed by atoms with Gasteiger partial charge in [0.05, 0.1) is 6.04 Å². The molecule has 92 valence electrons. The van der Waals surface area contributed by atoms with Crippen LogP contribution in [0.15, 0.2) is 30.3 Å². The summed E-state index contributed by atoms with van der Waals surface area (Å²) < 4.78 is 0. The minimum atomic E-state index is 0.0399. The van der Waals surface area contributed by atoms with Crippen LogP contribution >= 0.6 is 0 Å². The van der Waals surface area contributed by atoms with Gasteiger partial charge in [0.15, 0.2) is 0 Å². The summed E-state index contributed by atoms with van der Waals surface area (Å²) in [4.78, 5) is 13.7. The quantitative estimate of drug-likeness (QED) is 0.860. The summed E-state index contributed by atoms with van der Waals surface area (Å²) in [7, 11) is 0. The minimum absolute atomic E-state index is 0.0399. The van der Waals surface area contributed by atoms with Crippen molar-refractivity contribution in [2.45, 2.75) is 25.8 Å². The molecule has 0 spiro atoms. The van der Waals surface area contributed by atoms with Crippen molar-refractivity contribution in [2.75, 3.05) is 19.6 Å². The molecule has 1 aliphatic rings. The highest BCUT2D eigenvalue weighted by atomic mass is 16.1. The first kappa shape index (κ1) is 12.1. The number of likely N-dealkylation sites (tertiary alicyclic amines) is 1. The molecule has 0 saturated carbocycles. The molecular formula is C14H20N2O. The van der Waals surface area contributed by atoms with Crippen molar-refractivity contribution in [3.63, 3.8) is 0 Å². The molecule has 1 fully saturated rings. The molecule has 1 heterocycles. The molecule has 3 nitrogen and oxygen atoms in total. The Morgan fingerprint density at radius 1 is 1.29 bits per heavy atom. The van der Waals surface area contributed by atoms with E-state index in [2.05, 4.69) is 22.3 Å². The van der Waals surface area contributed by atoms with Gasteiger partial charge in [0.1, 0.15) is 0 Å².